The quantitative estimate of drug-likeness (QED) is 0.200. The third kappa shape index (κ3) is 6.46. The molecule has 0 bridgehead atoms. The van der Waals surface area contributed by atoms with Gasteiger partial charge in [0.25, 0.3) is 6.43 Å². The van der Waals surface area contributed by atoms with Gasteiger partial charge in [-0.2, -0.15) is 0 Å². The van der Waals surface area contributed by atoms with Gasteiger partial charge in [-0.25, -0.2) is 8.78 Å². The van der Waals surface area contributed by atoms with Crippen molar-refractivity contribution >= 4 is 19.9 Å². The SMILES string of the molecule is Cc1ccc(C(c2ccn3c(C(F)F)nnc3c2C)C(C)(C)C(=O)OC(C)(C)C)cc1CO[Si](C)(C)C(C)(C)C. The predicted molar refractivity (Wildman–Crippen MR) is 157 cm³/mol. The Morgan fingerprint density at radius 1 is 1.00 bits per heavy atom. The predicted octanol–water partition coefficient (Wildman–Crippen LogP) is 8.31. The Kier molecular flexibility index (Phi) is 8.74. The number of carbonyl (C=O) groups is 1. The Morgan fingerprint density at radius 3 is 2.17 bits per heavy atom. The molecule has 0 spiro atoms. The summed E-state index contributed by atoms with van der Waals surface area (Å²) in [7, 11) is -2.00. The lowest BCUT2D eigenvalue weighted by atomic mass is 9.70. The summed E-state index contributed by atoms with van der Waals surface area (Å²) in [6.45, 7) is 24.7. The second-order valence-electron chi connectivity index (χ2n) is 13.8. The number of hydrogen-bond acceptors (Lipinski definition) is 5. The number of alkyl halides is 2. The zero-order valence-electron chi connectivity index (χ0n) is 26.1. The molecule has 6 nitrogen and oxygen atoms in total. The standard InChI is InChI=1S/C31H45F2N3O3Si/c1-19-13-14-21(17-22(19)18-38-40(11,12)30(6,7)8)24(31(9,10)28(37)39-29(3,4)5)23-15-16-36-26(20(23)2)34-35-27(36)25(32)33/h13-17,24-25H,18H2,1-12H3. The van der Waals surface area contributed by atoms with Crippen molar-refractivity contribution < 1.29 is 22.7 Å². The number of rotatable bonds is 8. The molecule has 0 aliphatic carbocycles. The van der Waals surface area contributed by atoms with Gasteiger partial charge in [0.2, 0.25) is 5.82 Å². The molecule has 2 heterocycles. The van der Waals surface area contributed by atoms with Crippen LogP contribution in [0, 0.1) is 19.3 Å². The van der Waals surface area contributed by atoms with Crippen molar-refractivity contribution in [2.45, 2.75) is 112 Å². The average molecular weight is 574 g/mol. The minimum Gasteiger partial charge on any atom is -0.460 e. The summed E-state index contributed by atoms with van der Waals surface area (Å²) in [5, 5.41) is 7.87. The van der Waals surface area contributed by atoms with Gasteiger partial charge in [-0.15, -0.1) is 10.2 Å². The lowest BCUT2D eigenvalue weighted by molar-refractivity contribution is -0.166. The Morgan fingerprint density at radius 2 is 1.62 bits per heavy atom. The zero-order chi connectivity index (χ0) is 30.4. The van der Waals surface area contributed by atoms with Gasteiger partial charge in [-0.05, 0) is 100 Å². The van der Waals surface area contributed by atoms with E-state index in [2.05, 4.69) is 63.1 Å². The molecule has 0 amide bonds. The molecule has 0 saturated carbocycles. The zero-order valence-corrected chi connectivity index (χ0v) is 27.1. The van der Waals surface area contributed by atoms with Crippen LogP contribution in [0.25, 0.3) is 5.65 Å². The number of aryl methyl sites for hydroxylation is 2. The molecule has 220 valence electrons. The van der Waals surface area contributed by atoms with Crippen molar-refractivity contribution in [2.75, 3.05) is 0 Å². The molecule has 2 aromatic heterocycles. The van der Waals surface area contributed by atoms with Crippen LogP contribution in [0.15, 0.2) is 30.5 Å². The first-order valence-corrected chi connectivity index (χ1v) is 16.7. The molecule has 40 heavy (non-hydrogen) atoms. The first kappa shape index (κ1) is 31.9. The van der Waals surface area contributed by atoms with E-state index in [4.69, 9.17) is 9.16 Å². The van der Waals surface area contributed by atoms with E-state index in [1.165, 1.54) is 4.40 Å². The van der Waals surface area contributed by atoms with Crippen LogP contribution in [0.2, 0.25) is 18.1 Å². The van der Waals surface area contributed by atoms with Crippen molar-refractivity contribution in [3.63, 3.8) is 0 Å². The molecule has 0 aliphatic rings. The number of nitrogens with zero attached hydrogens (tertiary/aromatic N) is 3. The second kappa shape index (κ2) is 11.0. The first-order chi connectivity index (χ1) is 18.2. The number of halogens is 2. The average Bonchev–Trinajstić information content (AvgIpc) is 3.24. The minimum absolute atomic E-state index is 0.0710. The van der Waals surface area contributed by atoms with Crippen molar-refractivity contribution in [3.05, 3.63) is 64.1 Å². The maximum Gasteiger partial charge on any atom is 0.312 e. The lowest BCUT2D eigenvalue weighted by Gasteiger charge is -2.37. The van der Waals surface area contributed by atoms with Crippen LogP contribution in [0.3, 0.4) is 0 Å². The Hall–Kier alpha value is -2.65. The molecule has 0 N–H and O–H groups in total. The van der Waals surface area contributed by atoms with E-state index in [1.807, 2.05) is 47.6 Å². The van der Waals surface area contributed by atoms with Crippen LogP contribution in [0.1, 0.15) is 101 Å². The Balaban J connectivity index is 2.19. The molecular weight excluding hydrogens is 528 g/mol. The van der Waals surface area contributed by atoms with Gasteiger partial charge in [-0.1, -0.05) is 39.0 Å². The van der Waals surface area contributed by atoms with Crippen LogP contribution in [-0.2, 0) is 20.6 Å². The molecule has 1 aromatic carbocycles. The number of benzene rings is 1. The second-order valence-corrected chi connectivity index (χ2v) is 18.6. The van der Waals surface area contributed by atoms with Gasteiger partial charge in [0.15, 0.2) is 14.0 Å². The smallest absolute Gasteiger partial charge is 0.312 e. The van der Waals surface area contributed by atoms with Crippen molar-refractivity contribution in [1.82, 2.24) is 14.6 Å². The Bertz CT molecular complexity index is 1380. The topological polar surface area (TPSA) is 65.7 Å². The molecule has 0 fully saturated rings. The summed E-state index contributed by atoms with van der Waals surface area (Å²) in [6, 6.07) is 7.98. The van der Waals surface area contributed by atoms with Gasteiger partial charge < -0.3 is 9.16 Å². The maximum atomic E-state index is 13.7. The number of aromatic nitrogens is 3. The highest BCUT2D eigenvalue weighted by Crippen LogP contribution is 2.45. The van der Waals surface area contributed by atoms with E-state index in [0.717, 1.165) is 22.3 Å². The summed E-state index contributed by atoms with van der Waals surface area (Å²) in [4.78, 5) is 13.7. The summed E-state index contributed by atoms with van der Waals surface area (Å²) in [6.07, 6.45) is -1.19. The van der Waals surface area contributed by atoms with Crippen molar-refractivity contribution in [2.24, 2.45) is 5.41 Å². The fourth-order valence-electron chi connectivity index (χ4n) is 4.59. The molecule has 0 aliphatic heterocycles. The monoisotopic (exact) mass is 573 g/mol. The number of pyridine rings is 1. The first-order valence-electron chi connectivity index (χ1n) is 13.8. The molecule has 3 aromatic rings. The number of hydrogen-bond donors (Lipinski definition) is 0. The van der Waals surface area contributed by atoms with Crippen molar-refractivity contribution in [3.8, 4) is 0 Å². The molecule has 1 atom stereocenters. The Labute approximate surface area is 238 Å². The fourth-order valence-corrected chi connectivity index (χ4v) is 5.54. The number of fused-ring (bicyclic) bond motifs is 1. The van der Waals surface area contributed by atoms with Crippen LogP contribution in [0.4, 0.5) is 8.78 Å². The maximum absolute atomic E-state index is 13.7. The summed E-state index contributed by atoms with van der Waals surface area (Å²) < 4.78 is 40.9. The number of ether oxygens (including phenoxy) is 1. The van der Waals surface area contributed by atoms with Crippen molar-refractivity contribution in [1.29, 1.82) is 0 Å². The van der Waals surface area contributed by atoms with Crippen LogP contribution >= 0.6 is 0 Å². The van der Waals surface area contributed by atoms with Gasteiger partial charge in [0, 0.05) is 12.1 Å². The molecule has 1 unspecified atom stereocenters. The van der Waals surface area contributed by atoms with Gasteiger partial charge >= 0.3 is 5.97 Å². The molecule has 3 rings (SSSR count). The highest BCUT2D eigenvalue weighted by Gasteiger charge is 2.43. The fraction of sp³-hybridized carbons (Fsp3) is 0.581. The highest BCUT2D eigenvalue weighted by atomic mass is 28.4. The molecule has 9 heteroatoms. The number of esters is 1. The lowest BCUT2D eigenvalue weighted by Crippen LogP contribution is -2.40. The third-order valence-corrected chi connectivity index (χ3v) is 12.6. The van der Waals surface area contributed by atoms with Crippen LogP contribution in [-0.4, -0.2) is 34.5 Å². The van der Waals surface area contributed by atoms with Gasteiger partial charge in [0.05, 0.1) is 12.0 Å². The van der Waals surface area contributed by atoms with E-state index in [-0.39, 0.29) is 11.0 Å². The van der Waals surface area contributed by atoms with E-state index in [9.17, 15) is 13.6 Å². The number of carbonyl (C=O) groups excluding carboxylic acids is 1. The summed E-state index contributed by atoms with van der Waals surface area (Å²) in [5.41, 5.74) is 3.21. The van der Waals surface area contributed by atoms with Gasteiger partial charge in [0.1, 0.15) is 5.60 Å². The van der Waals surface area contributed by atoms with E-state index >= 15 is 0 Å². The van der Waals surface area contributed by atoms with Crippen LogP contribution in [0.5, 0.6) is 0 Å². The van der Waals surface area contributed by atoms with E-state index in [1.54, 1.807) is 12.3 Å². The molecule has 0 saturated heterocycles. The van der Waals surface area contributed by atoms with E-state index in [0.29, 0.717) is 17.8 Å². The summed E-state index contributed by atoms with van der Waals surface area (Å²) in [5.74, 6) is -1.21. The van der Waals surface area contributed by atoms with Gasteiger partial charge in [-0.3, -0.25) is 9.20 Å². The largest absolute Gasteiger partial charge is 0.460 e. The normalized spacial score (nSPS) is 14.2. The minimum atomic E-state index is -2.75. The van der Waals surface area contributed by atoms with E-state index < -0.39 is 37.5 Å². The van der Waals surface area contributed by atoms with Crippen LogP contribution < -0.4 is 0 Å². The molecule has 0 radical (unpaired) electrons. The third-order valence-electron chi connectivity index (χ3n) is 8.15. The highest BCUT2D eigenvalue weighted by molar-refractivity contribution is 6.74. The summed E-state index contributed by atoms with van der Waals surface area (Å²) >= 11 is 0. The molecular formula is C31H45F2N3O3Si.